The van der Waals surface area contributed by atoms with E-state index in [1.54, 1.807) is 0 Å². The Kier molecular flexibility index (Phi) is 40.6. The topological polar surface area (TPSA) is 137 Å². The van der Waals surface area contributed by atoms with Gasteiger partial charge in [-0.15, -0.1) is 0 Å². The standard InChI is InChI=1S/C40H72O14/c1-2-3-4-5-6-7-11-14-40(41)54-38-36-52-34-32-50-30-28-48-26-24-46-22-20-44-18-16-42-15-17-43-19-21-45-23-25-47-27-29-49-31-33-51-35-37-53-39-12-9-8-10-13-39/h8-10,12-13H,2-7,11,14-38H2,1H3. The molecule has 0 N–H and O–H groups in total. The molecule has 0 aliphatic carbocycles. The fourth-order valence-corrected chi connectivity index (χ4v) is 4.55. The van der Waals surface area contributed by atoms with Gasteiger partial charge in [-0.25, -0.2) is 0 Å². The molecule has 0 atom stereocenters. The van der Waals surface area contributed by atoms with E-state index in [1.165, 1.54) is 32.1 Å². The van der Waals surface area contributed by atoms with E-state index in [-0.39, 0.29) is 12.6 Å². The molecule has 0 unspecified atom stereocenters. The number of carbonyl (C=O) groups excluding carboxylic acids is 1. The van der Waals surface area contributed by atoms with Crippen molar-refractivity contribution in [3.63, 3.8) is 0 Å². The Bertz CT molecular complexity index is 866. The van der Waals surface area contributed by atoms with Crippen LogP contribution in [0, 0.1) is 0 Å². The Labute approximate surface area is 324 Å². The molecule has 14 nitrogen and oxygen atoms in total. The van der Waals surface area contributed by atoms with Gasteiger partial charge in [0.15, 0.2) is 0 Å². The minimum atomic E-state index is -0.142. The van der Waals surface area contributed by atoms with Gasteiger partial charge in [0.1, 0.15) is 19.0 Å². The summed E-state index contributed by atoms with van der Waals surface area (Å²) < 4.78 is 71.1. The zero-order chi connectivity index (χ0) is 38.5. The number of ether oxygens (including phenoxy) is 13. The first-order chi connectivity index (χ1) is 26.8. The van der Waals surface area contributed by atoms with Crippen LogP contribution in [-0.4, -0.2) is 165 Å². The van der Waals surface area contributed by atoms with Crippen molar-refractivity contribution in [2.24, 2.45) is 0 Å². The molecule has 0 aliphatic rings. The van der Waals surface area contributed by atoms with Gasteiger partial charge in [0.05, 0.1) is 145 Å². The van der Waals surface area contributed by atoms with Crippen molar-refractivity contribution in [3.8, 4) is 5.75 Å². The van der Waals surface area contributed by atoms with Crippen molar-refractivity contribution in [3.05, 3.63) is 30.3 Å². The maximum atomic E-state index is 11.7. The summed E-state index contributed by atoms with van der Waals surface area (Å²) in [4.78, 5) is 11.7. The first kappa shape index (κ1) is 50.1. The van der Waals surface area contributed by atoms with Gasteiger partial charge < -0.3 is 61.6 Å². The number of hydrogen-bond acceptors (Lipinski definition) is 14. The number of esters is 1. The molecule has 14 heteroatoms. The molecule has 316 valence electrons. The lowest BCUT2D eigenvalue weighted by Crippen LogP contribution is -2.16. The van der Waals surface area contributed by atoms with Gasteiger partial charge in [0, 0.05) is 6.42 Å². The fraction of sp³-hybridized carbons (Fsp3) is 0.825. The van der Waals surface area contributed by atoms with Crippen molar-refractivity contribution in [2.45, 2.75) is 58.3 Å². The maximum absolute atomic E-state index is 11.7. The van der Waals surface area contributed by atoms with Crippen molar-refractivity contribution in [1.29, 1.82) is 0 Å². The molecule has 0 spiro atoms. The third-order valence-corrected chi connectivity index (χ3v) is 7.43. The molecule has 0 radical (unpaired) electrons. The predicted octanol–water partition coefficient (Wildman–Crippen LogP) is 4.93. The lowest BCUT2D eigenvalue weighted by Gasteiger charge is -2.09. The van der Waals surface area contributed by atoms with Crippen LogP contribution in [0.3, 0.4) is 0 Å². The summed E-state index contributed by atoms with van der Waals surface area (Å²) in [6, 6.07) is 9.67. The molecule has 0 fully saturated rings. The summed E-state index contributed by atoms with van der Waals surface area (Å²) in [5.41, 5.74) is 0. The van der Waals surface area contributed by atoms with Crippen molar-refractivity contribution >= 4 is 5.97 Å². The van der Waals surface area contributed by atoms with Crippen LogP contribution in [0.15, 0.2) is 30.3 Å². The molecule has 0 saturated carbocycles. The lowest BCUT2D eigenvalue weighted by molar-refractivity contribution is -0.145. The number of hydrogen-bond donors (Lipinski definition) is 0. The van der Waals surface area contributed by atoms with Crippen molar-refractivity contribution < 1.29 is 66.4 Å². The van der Waals surface area contributed by atoms with E-state index in [9.17, 15) is 4.79 Å². The molecule has 0 bridgehead atoms. The van der Waals surface area contributed by atoms with Gasteiger partial charge in [0.2, 0.25) is 0 Å². The molecule has 0 aliphatic heterocycles. The van der Waals surface area contributed by atoms with E-state index in [1.807, 2.05) is 30.3 Å². The molecular weight excluding hydrogens is 704 g/mol. The highest BCUT2D eigenvalue weighted by Gasteiger charge is 2.03. The highest BCUT2D eigenvalue weighted by atomic mass is 16.6. The Hall–Kier alpha value is -1.95. The largest absolute Gasteiger partial charge is 0.491 e. The van der Waals surface area contributed by atoms with E-state index >= 15 is 0 Å². The molecule has 1 aromatic rings. The number of benzene rings is 1. The van der Waals surface area contributed by atoms with Crippen LogP contribution >= 0.6 is 0 Å². The Balaban J connectivity index is 1.62. The molecule has 0 heterocycles. The zero-order valence-corrected chi connectivity index (χ0v) is 33.2. The highest BCUT2D eigenvalue weighted by Crippen LogP contribution is 2.09. The predicted molar refractivity (Wildman–Crippen MR) is 205 cm³/mol. The highest BCUT2D eigenvalue weighted by molar-refractivity contribution is 5.69. The second-order valence-electron chi connectivity index (χ2n) is 12.0. The quantitative estimate of drug-likeness (QED) is 0.0654. The monoisotopic (exact) mass is 776 g/mol. The van der Waals surface area contributed by atoms with E-state index in [2.05, 4.69) is 6.92 Å². The second-order valence-corrected chi connectivity index (χ2v) is 12.0. The molecule has 0 amide bonds. The average Bonchev–Trinajstić information content (AvgIpc) is 3.19. The normalized spacial score (nSPS) is 11.4. The Morgan fingerprint density at radius 2 is 0.667 bits per heavy atom. The molecule has 1 rings (SSSR count). The average molecular weight is 777 g/mol. The summed E-state index contributed by atoms with van der Waals surface area (Å²) in [5, 5.41) is 0. The number of unbranched alkanes of at least 4 members (excludes halogenated alkanes) is 6. The molecule has 0 saturated heterocycles. The molecule has 54 heavy (non-hydrogen) atoms. The zero-order valence-electron chi connectivity index (χ0n) is 33.2. The summed E-state index contributed by atoms with van der Waals surface area (Å²) in [7, 11) is 0. The Morgan fingerprint density at radius 1 is 0.370 bits per heavy atom. The molecule has 0 aromatic heterocycles. The maximum Gasteiger partial charge on any atom is 0.305 e. The van der Waals surface area contributed by atoms with E-state index in [0.717, 1.165) is 18.6 Å². The fourth-order valence-electron chi connectivity index (χ4n) is 4.55. The van der Waals surface area contributed by atoms with Gasteiger partial charge in [0.25, 0.3) is 0 Å². The van der Waals surface area contributed by atoms with Crippen LogP contribution in [0.2, 0.25) is 0 Å². The minimum Gasteiger partial charge on any atom is -0.491 e. The number of carbonyl (C=O) groups is 1. The van der Waals surface area contributed by atoms with Gasteiger partial charge in [-0.2, -0.15) is 0 Å². The summed E-state index contributed by atoms with van der Waals surface area (Å²) >= 11 is 0. The number of rotatable bonds is 45. The summed E-state index contributed by atoms with van der Waals surface area (Å²) in [6.07, 6.45) is 8.78. The van der Waals surface area contributed by atoms with Crippen LogP contribution in [-0.2, 0) is 61.6 Å². The lowest BCUT2D eigenvalue weighted by atomic mass is 10.1. The van der Waals surface area contributed by atoms with Gasteiger partial charge in [-0.05, 0) is 18.6 Å². The van der Waals surface area contributed by atoms with Crippen LogP contribution < -0.4 is 4.74 Å². The van der Waals surface area contributed by atoms with Crippen LogP contribution in [0.1, 0.15) is 58.3 Å². The van der Waals surface area contributed by atoms with Crippen LogP contribution in [0.4, 0.5) is 0 Å². The van der Waals surface area contributed by atoms with Crippen LogP contribution in [0.5, 0.6) is 5.75 Å². The summed E-state index contributed by atoms with van der Waals surface area (Å²) in [6.45, 7) is 13.9. The molecule has 1 aromatic carbocycles. The third kappa shape index (κ3) is 39.7. The van der Waals surface area contributed by atoms with Crippen LogP contribution in [0.25, 0.3) is 0 Å². The molecular formula is C40H72O14. The minimum absolute atomic E-state index is 0.142. The van der Waals surface area contributed by atoms with E-state index in [0.29, 0.717) is 158 Å². The first-order valence-electron chi connectivity index (χ1n) is 20.0. The number of para-hydroxylation sites is 1. The summed E-state index contributed by atoms with van der Waals surface area (Å²) in [5.74, 6) is 0.700. The van der Waals surface area contributed by atoms with E-state index < -0.39 is 0 Å². The van der Waals surface area contributed by atoms with Crippen molar-refractivity contribution in [1.82, 2.24) is 0 Å². The SMILES string of the molecule is CCCCCCCCCC(=O)OCCOCCOCCOCCOCCOCCOCCOCCOCCOCCOCCOCCOc1ccccc1. The smallest absolute Gasteiger partial charge is 0.305 e. The second kappa shape index (κ2) is 43.8. The van der Waals surface area contributed by atoms with E-state index in [4.69, 9.17) is 61.6 Å². The van der Waals surface area contributed by atoms with Crippen molar-refractivity contribution in [2.75, 3.05) is 159 Å². The third-order valence-electron chi connectivity index (χ3n) is 7.43. The first-order valence-corrected chi connectivity index (χ1v) is 20.0. The Morgan fingerprint density at radius 3 is 1.02 bits per heavy atom. The van der Waals surface area contributed by atoms with Gasteiger partial charge in [-0.1, -0.05) is 63.6 Å². The van der Waals surface area contributed by atoms with Gasteiger partial charge in [-0.3, -0.25) is 4.79 Å². The van der Waals surface area contributed by atoms with Gasteiger partial charge >= 0.3 is 5.97 Å².